The summed E-state index contributed by atoms with van der Waals surface area (Å²) in [4.78, 5) is 18.8. The van der Waals surface area contributed by atoms with E-state index < -0.39 is 10.0 Å². The van der Waals surface area contributed by atoms with Crippen LogP contribution < -0.4 is 4.90 Å². The van der Waals surface area contributed by atoms with Crippen LogP contribution in [0.5, 0.6) is 0 Å². The summed E-state index contributed by atoms with van der Waals surface area (Å²) in [7, 11) is -3.69. The molecule has 2 aromatic carbocycles. The van der Waals surface area contributed by atoms with Crippen molar-refractivity contribution in [2.45, 2.75) is 37.3 Å². The fraction of sp³-hybridized carbons (Fsp3) is 0.304. The zero-order valence-electron chi connectivity index (χ0n) is 17.2. The van der Waals surface area contributed by atoms with Crippen molar-refractivity contribution < 1.29 is 17.9 Å². The Kier molecular flexibility index (Phi) is 4.91. The number of benzene rings is 2. The number of fused-ring (bicyclic) bond motifs is 2. The molecule has 0 radical (unpaired) electrons. The second-order valence-corrected chi connectivity index (χ2v) is 9.94. The van der Waals surface area contributed by atoms with Crippen LogP contribution in [-0.4, -0.2) is 42.9 Å². The van der Waals surface area contributed by atoms with Gasteiger partial charge in [-0.05, 0) is 43.5 Å². The second-order valence-electron chi connectivity index (χ2n) is 8.03. The molecule has 5 rings (SSSR count). The summed E-state index contributed by atoms with van der Waals surface area (Å²) in [6.45, 7) is 2.87. The Bertz CT molecular complexity index is 1270. The third-order valence-corrected chi connectivity index (χ3v) is 7.95. The minimum absolute atomic E-state index is 0.103. The van der Waals surface area contributed by atoms with Crippen molar-refractivity contribution in [1.82, 2.24) is 9.29 Å². The highest BCUT2D eigenvalue weighted by Gasteiger charge is 2.37. The minimum Gasteiger partial charge on any atom is -0.444 e. The molecule has 3 aromatic rings. The lowest BCUT2D eigenvalue weighted by molar-refractivity contribution is 0.136. The predicted octanol–water partition coefficient (Wildman–Crippen LogP) is 3.85. The number of hydrogen-bond acceptors (Lipinski definition) is 5. The standard InChI is InChI=1S/C23H23N3O4S/c1-16-13-17-6-4-8-21(22(17)24-14-16)31(28,29)25-11-9-19(10-12-25)26-20-7-3-2-5-18(20)15-30-23(26)27/h2-8,13-14,19H,9-12,15H2,1H3. The molecule has 0 unspecified atom stereocenters. The van der Waals surface area contributed by atoms with Crippen molar-refractivity contribution in [1.29, 1.82) is 0 Å². The number of carbonyl (C=O) groups is 1. The van der Waals surface area contributed by atoms with E-state index in [2.05, 4.69) is 4.98 Å². The van der Waals surface area contributed by atoms with Gasteiger partial charge in [-0.3, -0.25) is 9.88 Å². The molecule has 1 aromatic heterocycles. The molecule has 2 aliphatic heterocycles. The lowest BCUT2D eigenvalue weighted by Gasteiger charge is -2.39. The summed E-state index contributed by atoms with van der Waals surface area (Å²) < 4.78 is 33.7. The number of para-hydroxylation sites is 2. The molecule has 1 amide bonds. The molecule has 31 heavy (non-hydrogen) atoms. The van der Waals surface area contributed by atoms with Gasteiger partial charge in [0.05, 0.1) is 11.2 Å². The Hall–Kier alpha value is -2.97. The molecule has 8 heteroatoms. The molecule has 0 saturated carbocycles. The maximum absolute atomic E-state index is 13.4. The maximum atomic E-state index is 13.4. The van der Waals surface area contributed by atoms with Gasteiger partial charge >= 0.3 is 6.09 Å². The highest BCUT2D eigenvalue weighted by atomic mass is 32.2. The van der Waals surface area contributed by atoms with Crippen molar-refractivity contribution in [3.05, 3.63) is 65.9 Å². The van der Waals surface area contributed by atoms with Crippen LogP contribution in [0.3, 0.4) is 0 Å². The van der Waals surface area contributed by atoms with Gasteiger partial charge in [-0.15, -0.1) is 0 Å². The van der Waals surface area contributed by atoms with E-state index in [9.17, 15) is 13.2 Å². The molecular formula is C23H23N3O4S. The number of sulfonamides is 1. The second kappa shape index (κ2) is 7.62. The van der Waals surface area contributed by atoms with Gasteiger partial charge in [0, 0.05) is 36.3 Å². The van der Waals surface area contributed by atoms with E-state index in [1.807, 2.05) is 43.3 Å². The number of anilines is 1. The first kappa shape index (κ1) is 20.0. The van der Waals surface area contributed by atoms with E-state index >= 15 is 0 Å². The Balaban J connectivity index is 1.39. The molecule has 3 heterocycles. The molecule has 160 valence electrons. The predicted molar refractivity (Wildman–Crippen MR) is 117 cm³/mol. The fourth-order valence-electron chi connectivity index (χ4n) is 4.45. The first-order valence-electron chi connectivity index (χ1n) is 10.3. The van der Waals surface area contributed by atoms with E-state index in [0.717, 1.165) is 22.2 Å². The smallest absolute Gasteiger partial charge is 0.414 e. The highest BCUT2D eigenvalue weighted by Crippen LogP contribution is 2.33. The Morgan fingerprint density at radius 1 is 1.06 bits per heavy atom. The number of aryl methyl sites for hydroxylation is 1. The van der Waals surface area contributed by atoms with Gasteiger partial charge < -0.3 is 4.74 Å². The largest absolute Gasteiger partial charge is 0.444 e. The van der Waals surface area contributed by atoms with Crippen LogP contribution in [0.4, 0.5) is 10.5 Å². The van der Waals surface area contributed by atoms with E-state index in [1.165, 1.54) is 4.31 Å². The molecule has 0 N–H and O–H groups in total. The fourth-order valence-corrected chi connectivity index (χ4v) is 6.09. The van der Waals surface area contributed by atoms with Crippen molar-refractivity contribution in [3.63, 3.8) is 0 Å². The number of aromatic nitrogens is 1. The number of piperidine rings is 1. The van der Waals surface area contributed by atoms with E-state index in [0.29, 0.717) is 31.4 Å². The van der Waals surface area contributed by atoms with Crippen molar-refractivity contribution >= 4 is 32.7 Å². The van der Waals surface area contributed by atoms with Crippen LogP contribution in [0, 0.1) is 6.92 Å². The number of amides is 1. The van der Waals surface area contributed by atoms with Crippen LogP contribution in [-0.2, 0) is 21.4 Å². The Labute approximate surface area is 181 Å². The molecule has 2 aliphatic rings. The molecular weight excluding hydrogens is 414 g/mol. The number of nitrogens with zero attached hydrogens (tertiary/aromatic N) is 3. The third kappa shape index (κ3) is 3.45. The summed E-state index contributed by atoms with van der Waals surface area (Å²) in [5.74, 6) is 0. The van der Waals surface area contributed by atoms with Crippen molar-refractivity contribution in [3.8, 4) is 0 Å². The monoisotopic (exact) mass is 437 g/mol. The van der Waals surface area contributed by atoms with Gasteiger partial charge in [0.1, 0.15) is 11.5 Å². The van der Waals surface area contributed by atoms with Gasteiger partial charge in [0.25, 0.3) is 0 Å². The van der Waals surface area contributed by atoms with Crippen molar-refractivity contribution in [2.24, 2.45) is 0 Å². The zero-order chi connectivity index (χ0) is 21.6. The number of carbonyl (C=O) groups excluding carboxylic acids is 1. The van der Waals surface area contributed by atoms with Gasteiger partial charge in [-0.25, -0.2) is 13.2 Å². The normalized spacial score (nSPS) is 18.1. The molecule has 7 nitrogen and oxygen atoms in total. The molecule has 0 spiro atoms. The average Bonchev–Trinajstić information content (AvgIpc) is 2.78. The van der Waals surface area contributed by atoms with Gasteiger partial charge in [0.2, 0.25) is 10.0 Å². The lowest BCUT2D eigenvalue weighted by atomic mass is 10.0. The lowest BCUT2D eigenvalue weighted by Crippen LogP contribution is -2.50. The van der Waals surface area contributed by atoms with Gasteiger partial charge in [0.15, 0.2) is 0 Å². The summed E-state index contributed by atoms with van der Waals surface area (Å²) >= 11 is 0. The summed E-state index contributed by atoms with van der Waals surface area (Å²) in [6, 6.07) is 14.8. The van der Waals surface area contributed by atoms with Gasteiger partial charge in [-0.2, -0.15) is 4.31 Å². The molecule has 0 bridgehead atoms. The van der Waals surface area contributed by atoms with Crippen LogP contribution in [0.2, 0.25) is 0 Å². The first-order chi connectivity index (χ1) is 14.9. The van der Waals surface area contributed by atoms with Gasteiger partial charge in [-0.1, -0.05) is 30.3 Å². The van der Waals surface area contributed by atoms with Crippen LogP contribution >= 0.6 is 0 Å². The molecule has 0 aliphatic carbocycles. The minimum atomic E-state index is -3.69. The first-order valence-corrected chi connectivity index (χ1v) is 11.8. The number of ether oxygens (including phenoxy) is 1. The third-order valence-electron chi connectivity index (χ3n) is 6.02. The molecule has 1 fully saturated rings. The van der Waals surface area contributed by atoms with Crippen molar-refractivity contribution in [2.75, 3.05) is 18.0 Å². The number of rotatable bonds is 3. The average molecular weight is 438 g/mol. The summed E-state index contributed by atoms with van der Waals surface area (Å²) in [6.07, 6.45) is 2.40. The quantitative estimate of drug-likeness (QED) is 0.622. The Morgan fingerprint density at radius 3 is 2.65 bits per heavy atom. The van der Waals surface area contributed by atoms with Crippen LogP contribution in [0.25, 0.3) is 10.9 Å². The zero-order valence-corrected chi connectivity index (χ0v) is 18.0. The number of pyridine rings is 1. The SMILES string of the molecule is Cc1cnc2c(S(=O)(=O)N3CCC(N4C(=O)OCc5ccccc54)CC3)cccc2c1. The Morgan fingerprint density at radius 2 is 1.84 bits per heavy atom. The molecule has 1 saturated heterocycles. The maximum Gasteiger partial charge on any atom is 0.414 e. The molecule has 0 atom stereocenters. The number of cyclic esters (lactones) is 1. The van der Waals surface area contributed by atoms with Crippen LogP contribution in [0.15, 0.2) is 59.6 Å². The van der Waals surface area contributed by atoms with Crippen LogP contribution in [0.1, 0.15) is 24.0 Å². The highest BCUT2D eigenvalue weighted by molar-refractivity contribution is 7.89. The van der Waals surface area contributed by atoms with E-state index in [4.69, 9.17) is 4.74 Å². The summed E-state index contributed by atoms with van der Waals surface area (Å²) in [5.41, 5.74) is 3.29. The summed E-state index contributed by atoms with van der Waals surface area (Å²) in [5, 5.41) is 0.809. The van der Waals surface area contributed by atoms with E-state index in [1.54, 1.807) is 23.2 Å². The van der Waals surface area contributed by atoms with E-state index in [-0.39, 0.29) is 23.6 Å². The number of hydrogen-bond donors (Lipinski definition) is 0. The topological polar surface area (TPSA) is 79.8 Å².